The van der Waals surface area contributed by atoms with Crippen molar-refractivity contribution in [2.75, 3.05) is 13.2 Å². The van der Waals surface area contributed by atoms with Crippen LogP contribution in [0.15, 0.2) is 11.4 Å². The van der Waals surface area contributed by atoms with Gasteiger partial charge in [-0.25, -0.2) is 0 Å². The molecule has 2 unspecified atom stereocenters. The fourth-order valence-electron chi connectivity index (χ4n) is 2.76. The average Bonchev–Trinajstić information content (AvgIpc) is 2.62. The van der Waals surface area contributed by atoms with E-state index in [1.165, 1.54) is 29.7 Å². The minimum absolute atomic E-state index is 0.0921. The molecular formula is C14H24N2OS. The predicted molar refractivity (Wildman–Crippen MR) is 76.9 cm³/mol. The standard InChI is InChI=1S/C14H24N2OS/c1-10-6-9-18-14(10)13(11(2)15)16(7-8-17)12-4-3-5-12/h6,9,11-13,17H,3-5,7-8,15H2,1-2H3. The lowest BCUT2D eigenvalue weighted by Crippen LogP contribution is -2.49. The molecule has 0 aromatic carbocycles. The molecule has 1 saturated carbocycles. The van der Waals surface area contributed by atoms with Crippen LogP contribution in [0.1, 0.15) is 42.7 Å². The number of aliphatic hydroxyl groups is 1. The van der Waals surface area contributed by atoms with E-state index in [0.717, 1.165) is 6.54 Å². The Hall–Kier alpha value is -0.420. The number of thiophene rings is 1. The molecule has 2 rings (SSSR count). The van der Waals surface area contributed by atoms with Crippen LogP contribution in [0, 0.1) is 6.92 Å². The minimum Gasteiger partial charge on any atom is -0.395 e. The number of nitrogens with zero attached hydrogens (tertiary/aromatic N) is 1. The van der Waals surface area contributed by atoms with E-state index >= 15 is 0 Å². The zero-order chi connectivity index (χ0) is 13.1. The predicted octanol–water partition coefficient (Wildman–Crippen LogP) is 2.29. The Morgan fingerprint density at radius 3 is 2.67 bits per heavy atom. The maximum atomic E-state index is 9.32. The van der Waals surface area contributed by atoms with Crippen molar-refractivity contribution in [3.63, 3.8) is 0 Å². The normalized spacial score (nSPS) is 19.8. The zero-order valence-corrected chi connectivity index (χ0v) is 12.1. The second-order valence-electron chi connectivity index (χ2n) is 5.32. The van der Waals surface area contributed by atoms with Gasteiger partial charge in [-0.05, 0) is 43.7 Å². The summed E-state index contributed by atoms with van der Waals surface area (Å²) in [5.41, 5.74) is 7.55. The van der Waals surface area contributed by atoms with Gasteiger partial charge in [0.2, 0.25) is 0 Å². The molecule has 0 radical (unpaired) electrons. The number of rotatable bonds is 6. The molecule has 0 saturated heterocycles. The summed E-state index contributed by atoms with van der Waals surface area (Å²) < 4.78 is 0. The highest BCUT2D eigenvalue weighted by Gasteiger charge is 2.34. The van der Waals surface area contributed by atoms with Gasteiger partial charge >= 0.3 is 0 Å². The van der Waals surface area contributed by atoms with Gasteiger partial charge in [-0.2, -0.15) is 0 Å². The lowest BCUT2D eigenvalue weighted by Gasteiger charge is -2.43. The Bertz CT molecular complexity index is 374. The van der Waals surface area contributed by atoms with Crippen LogP contribution in [-0.4, -0.2) is 35.2 Å². The second kappa shape index (κ2) is 6.15. The molecule has 0 bridgehead atoms. The van der Waals surface area contributed by atoms with Crippen molar-refractivity contribution in [1.82, 2.24) is 4.90 Å². The fourth-order valence-corrected chi connectivity index (χ4v) is 3.92. The highest BCUT2D eigenvalue weighted by Crippen LogP contribution is 2.36. The van der Waals surface area contributed by atoms with E-state index in [-0.39, 0.29) is 18.7 Å². The molecule has 102 valence electrons. The van der Waals surface area contributed by atoms with Crippen LogP contribution in [0.5, 0.6) is 0 Å². The monoisotopic (exact) mass is 268 g/mol. The van der Waals surface area contributed by atoms with Crippen molar-refractivity contribution < 1.29 is 5.11 Å². The van der Waals surface area contributed by atoms with Crippen LogP contribution in [0.2, 0.25) is 0 Å². The molecule has 0 amide bonds. The summed E-state index contributed by atoms with van der Waals surface area (Å²) >= 11 is 1.79. The maximum absolute atomic E-state index is 9.32. The van der Waals surface area contributed by atoms with E-state index in [2.05, 4.69) is 30.2 Å². The molecule has 2 atom stereocenters. The molecular weight excluding hydrogens is 244 g/mol. The van der Waals surface area contributed by atoms with Gasteiger partial charge in [0.15, 0.2) is 0 Å². The second-order valence-corrected chi connectivity index (χ2v) is 6.27. The van der Waals surface area contributed by atoms with Crippen molar-refractivity contribution in [1.29, 1.82) is 0 Å². The minimum atomic E-state index is 0.0921. The third-order valence-electron chi connectivity index (χ3n) is 3.93. The number of aliphatic hydroxyl groups excluding tert-OH is 1. The molecule has 18 heavy (non-hydrogen) atoms. The van der Waals surface area contributed by atoms with Gasteiger partial charge in [0.1, 0.15) is 0 Å². The summed E-state index contributed by atoms with van der Waals surface area (Å²) in [7, 11) is 0. The summed E-state index contributed by atoms with van der Waals surface area (Å²) in [5.74, 6) is 0. The quantitative estimate of drug-likeness (QED) is 0.832. The van der Waals surface area contributed by atoms with E-state index < -0.39 is 0 Å². The summed E-state index contributed by atoms with van der Waals surface area (Å²) in [6, 6.07) is 3.11. The van der Waals surface area contributed by atoms with Crippen LogP contribution in [0.3, 0.4) is 0 Å². The van der Waals surface area contributed by atoms with Crippen molar-refractivity contribution >= 4 is 11.3 Å². The van der Waals surface area contributed by atoms with Crippen LogP contribution >= 0.6 is 11.3 Å². The van der Waals surface area contributed by atoms with Crippen molar-refractivity contribution in [3.05, 3.63) is 21.9 Å². The SMILES string of the molecule is Cc1ccsc1C(C(C)N)N(CCO)C1CCC1. The number of hydrogen-bond acceptors (Lipinski definition) is 4. The van der Waals surface area contributed by atoms with Crippen molar-refractivity contribution in [3.8, 4) is 0 Å². The molecule has 1 aromatic heterocycles. The molecule has 0 aliphatic heterocycles. The van der Waals surface area contributed by atoms with E-state index in [0.29, 0.717) is 6.04 Å². The van der Waals surface area contributed by atoms with Crippen LogP contribution in [0.25, 0.3) is 0 Å². The van der Waals surface area contributed by atoms with E-state index in [4.69, 9.17) is 5.73 Å². The van der Waals surface area contributed by atoms with Crippen molar-refractivity contribution in [2.24, 2.45) is 5.73 Å². The average molecular weight is 268 g/mol. The first kappa shape index (κ1) is 14.0. The molecule has 0 spiro atoms. The fraction of sp³-hybridized carbons (Fsp3) is 0.714. The van der Waals surface area contributed by atoms with E-state index in [1.54, 1.807) is 11.3 Å². The van der Waals surface area contributed by atoms with Gasteiger partial charge in [0.05, 0.1) is 12.6 Å². The number of aryl methyl sites for hydroxylation is 1. The van der Waals surface area contributed by atoms with Gasteiger partial charge in [0, 0.05) is 23.5 Å². The Morgan fingerprint density at radius 1 is 1.56 bits per heavy atom. The van der Waals surface area contributed by atoms with Gasteiger partial charge in [-0.15, -0.1) is 11.3 Å². The number of nitrogens with two attached hydrogens (primary N) is 1. The summed E-state index contributed by atoms with van der Waals surface area (Å²) in [6.45, 7) is 5.17. The first-order valence-electron chi connectivity index (χ1n) is 6.81. The Balaban J connectivity index is 2.24. The highest BCUT2D eigenvalue weighted by atomic mass is 32.1. The van der Waals surface area contributed by atoms with Gasteiger partial charge in [-0.1, -0.05) is 6.42 Å². The third-order valence-corrected chi connectivity index (χ3v) is 5.02. The van der Waals surface area contributed by atoms with Crippen molar-refractivity contribution in [2.45, 2.75) is 51.2 Å². The molecule has 1 aliphatic rings. The van der Waals surface area contributed by atoms with Crippen LogP contribution in [-0.2, 0) is 0 Å². The largest absolute Gasteiger partial charge is 0.395 e. The van der Waals surface area contributed by atoms with Gasteiger partial charge in [0.25, 0.3) is 0 Å². The maximum Gasteiger partial charge on any atom is 0.0596 e. The smallest absolute Gasteiger partial charge is 0.0596 e. The molecule has 3 nitrogen and oxygen atoms in total. The third kappa shape index (κ3) is 2.77. The molecule has 1 aromatic rings. The molecule has 3 N–H and O–H groups in total. The van der Waals surface area contributed by atoms with Crippen LogP contribution in [0.4, 0.5) is 0 Å². The first-order valence-corrected chi connectivity index (χ1v) is 7.69. The molecule has 1 heterocycles. The summed E-state index contributed by atoms with van der Waals surface area (Å²) in [6.07, 6.45) is 3.79. The van der Waals surface area contributed by atoms with E-state index in [9.17, 15) is 5.11 Å². The molecule has 1 aliphatic carbocycles. The van der Waals surface area contributed by atoms with Crippen LogP contribution < -0.4 is 5.73 Å². The van der Waals surface area contributed by atoms with Gasteiger partial charge < -0.3 is 10.8 Å². The lowest BCUT2D eigenvalue weighted by atomic mass is 9.88. The summed E-state index contributed by atoms with van der Waals surface area (Å²) in [5, 5.41) is 11.5. The van der Waals surface area contributed by atoms with Gasteiger partial charge in [-0.3, -0.25) is 4.90 Å². The Kier molecular flexibility index (Phi) is 4.78. The zero-order valence-electron chi connectivity index (χ0n) is 11.3. The number of hydrogen-bond donors (Lipinski definition) is 2. The summed E-state index contributed by atoms with van der Waals surface area (Å²) in [4.78, 5) is 3.79. The first-order chi connectivity index (χ1) is 8.65. The highest BCUT2D eigenvalue weighted by molar-refractivity contribution is 7.10. The van der Waals surface area contributed by atoms with E-state index in [1.807, 2.05) is 0 Å². The molecule has 1 fully saturated rings. The molecule has 4 heteroatoms. The Morgan fingerprint density at radius 2 is 2.28 bits per heavy atom. The topological polar surface area (TPSA) is 49.5 Å². The lowest BCUT2D eigenvalue weighted by molar-refractivity contribution is 0.0516. The Labute approximate surface area is 114 Å².